The molecule has 0 aliphatic heterocycles. The van der Waals surface area contributed by atoms with E-state index in [2.05, 4.69) is 12.2 Å². The number of hydrogen-bond donors (Lipinski definition) is 2. The molecule has 0 fully saturated rings. The fourth-order valence-corrected chi connectivity index (χ4v) is 1.44. The maximum absolute atomic E-state index is 10.9. The fourth-order valence-electron chi connectivity index (χ4n) is 1.44. The summed E-state index contributed by atoms with van der Waals surface area (Å²) >= 11 is 0. The van der Waals surface area contributed by atoms with Crippen molar-refractivity contribution in [3.63, 3.8) is 0 Å². The lowest BCUT2D eigenvalue weighted by atomic mass is 10.1. The molecular weight excluding hydrogens is 206 g/mol. The van der Waals surface area contributed by atoms with Crippen molar-refractivity contribution in [3.8, 4) is 5.75 Å². The summed E-state index contributed by atoms with van der Waals surface area (Å²) in [5, 5.41) is 11.2. The number of aliphatic hydroxyl groups excluding tert-OH is 1. The molecule has 0 spiro atoms. The molecule has 0 unspecified atom stereocenters. The number of ether oxygens (including phenoxy) is 1. The van der Waals surface area contributed by atoms with Crippen molar-refractivity contribution >= 4 is 5.91 Å². The summed E-state index contributed by atoms with van der Waals surface area (Å²) in [5.74, 6) is 0.361. The van der Waals surface area contributed by atoms with Crippen molar-refractivity contribution < 1.29 is 14.6 Å². The van der Waals surface area contributed by atoms with Gasteiger partial charge in [0.05, 0.1) is 7.11 Å². The molecule has 1 aromatic rings. The third-order valence-electron chi connectivity index (χ3n) is 2.37. The van der Waals surface area contributed by atoms with E-state index in [1.54, 1.807) is 7.11 Å². The van der Waals surface area contributed by atoms with Crippen molar-refractivity contribution in [2.45, 2.75) is 19.9 Å². The molecule has 4 heteroatoms. The maximum Gasteiger partial charge on any atom is 0.245 e. The molecule has 1 aromatic carbocycles. The minimum Gasteiger partial charge on any atom is -0.496 e. The first kappa shape index (κ1) is 12.5. The Morgan fingerprint density at radius 1 is 1.50 bits per heavy atom. The zero-order chi connectivity index (χ0) is 12.0. The SMILES string of the molecule is CCc1ccc(OC)c(CNC(=O)CO)c1. The highest BCUT2D eigenvalue weighted by atomic mass is 16.5. The summed E-state index contributed by atoms with van der Waals surface area (Å²) in [6.07, 6.45) is 0.935. The fraction of sp³-hybridized carbons (Fsp3) is 0.417. The molecule has 0 aliphatic carbocycles. The van der Waals surface area contributed by atoms with Crippen LogP contribution in [0.3, 0.4) is 0 Å². The van der Waals surface area contributed by atoms with Crippen LogP contribution in [0.25, 0.3) is 0 Å². The lowest BCUT2D eigenvalue weighted by Crippen LogP contribution is -2.25. The molecule has 2 N–H and O–H groups in total. The number of rotatable bonds is 5. The Kier molecular flexibility index (Phi) is 4.79. The van der Waals surface area contributed by atoms with Gasteiger partial charge < -0.3 is 15.2 Å². The first-order valence-electron chi connectivity index (χ1n) is 5.24. The highest BCUT2D eigenvalue weighted by molar-refractivity contribution is 5.76. The van der Waals surface area contributed by atoms with Gasteiger partial charge in [-0.1, -0.05) is 19.1 Å². The Morgan fingerprint density at radius 3 is 2.81 bits per heavy atom. The van der Waals surface area contributed by atoms with Crippen molar-refractivity contribution in [2.75, 3.05) is 13.7 Å². The Labute approximate surface area is 95.2 Å². The topological polar surface area (TPSA) is 58.6 Å². The highest BCUT2D eigenvalue weighted by Gasteiger charge is 2.05. The van der Waals surface area contributed by atoms with Gasteiger partial charge in [0.2, 0.25) is 5.91 Å². The number of aryl methyl sites for hydroxylation is 1. The zero-order valence-electron chi connectivity index (χ0n) is 9.62. The minimum absolute atomic E-state index is 0.371. The lowest BCUT2D eigenvalue weighted by molar-refractivity contribution is -0.123. The number of carbonyl (C=O) groups is 1. The second kappa shape index (κ2) is 6.12. The Hall–Kier alpha value is -1.55. The van der Waals surface area contributed by atoms with Crippen LogP contribution in [-0.4, -0.2) is 24.7 Å². The Morgan fingerprint density at radius 2 is 2.25 bits per heavy atom. The van der Waals surface area contributed by atoms with Gasteiger partial charge in [-0.05, 0) is 18.1 Å². The van der Waals surface area contributed by atoms with Gasteiger partial charge in [-0.25, -0.2) is 0 Å². The molecule has 0 bridgehead atoms. The van der Waals surface area contributed by atoms with Crippen LogP contribution in [0, 0.1) is 0 Å². The van der Waals surface area contributed by atoms with E-state index in [0.29, 0.717) is 6.54 Å². The second-order valence-electron chi connectivity index (χ2n) is 3.43. The Balaban J connectivity index is 2.78. The van der Waals surface area contributed by atoms with Gasteiger partial charge in [0.25, 0.3) is 0 Å². The molecule has 1 rings (SSSR count). The molecule has 0 aliphatic rings. The van der Waals surface area contributed by atoms with E-state index >= 15 is 0 Å². The predicted molar refractivity (Wildman–Crippen MR) is 61.3 cm³/mol. The van der Waals surface area contributed by atoms with Crippen molar-refractivity contribution in [1.29, 1.82) is 0 Å². The van der Waals surface area contributed by atoms with Crippen LogP contribution in [0.15, 0.2) is 18.2 Å². The molecule has 0 saturated carbocycles. The smallest absolute Gasteiger partial charge is 0.245 e. The van der Waals surface area contributed by atoms with Crippen molar-refractivity contribution in [2.24, 2.45) is 0 Å². The van der Waals surface area contributed by atoms with E-state index in [1.807, 2.05) is 18.2 Å². The third-order valence-corrected chi connectivity index (χ3v) is 2.37. The van der Waals surface area contributed by atoms with E-state index in [1.165, 1.54) is 5.56 Å². The van der Waals surface area contributed by atoms with Gasteiger partial charge in [-0.2, -0.15) is 0 Å². The van der Waals surface area contributed by atoms with Gasteiger partial charge in [-0.3, -0.25) is 4.79 Å². The molecule has 0 saturated heterocycles. The summed E-state index contributed by atoms with van der Waals surface area (Å²) in [4.78, 5) is 10.9. The molecule has 16 heavy (non-hydrogen) atoms. The number of benzene rings is 1. The average Bonchev–Trinajstić information content (AvgIpc) is 2.35. The van der Waals surface area contributed by atoms with Crippen LogP contribution in [0.5, 0.6) is 5.75 Å². The van der Waals surface area contributed by atoms with Crippen LogP contribution in [-0.2, 0) is 17.8 Å². The predicted octanol–water partition coefficient (Wildman–Crippen LogP) is 0.866. The van der Waals surface area contributed by atoms with Gasteiger partial charge >= 0.3 is 0 Å². The van der Waals surface area contributed by atoms with E-state index in [4.69, 9.17) is 9.84 Å². The Bertz CT molecular complexity index is 363. The summed E-state index contributed by atoms with van der Waals surface area (Å²) in [6.45, 7) is 1.95. The molecule has 0 heterocycles. The minimum atomic E-state index is -0.490. The van der Waals surface area contributed by atoms with Crippen LogP contribution in [0.4, 0.5) is 0 Å². The van der Waals surface area contributed by atoms with Gasteiger partial charge in [0, 0.05) is 12.1 Å². The van der Waals surface area contributed by atoms with Crippen molar-refractivity contribution in [1.82, 2.24) is 5.32 Å². The standard InChI is InChI=1S/C12H17NO3/c1-3-9-4-5-11(16-2)10(6-9)7-13-12(15)8-14/h4-6,14H,3,7-8H2,1-2H3,(H,13,15). The van der Waals surface area contributed by atoms with Crippen LogP contribution >= 0.6 is 0 Å². The first-order valence-corrected chi connectivity index (χ1v) is 5.24. The first-order chi connectivity index (χ1) is 7.71. The van der Waals surface area contributed by atoms with Crippen molar-refractivity contribution in [3.05, 3.63) is 29.3 Å². The van der Waals surface area contributed by atoms with Gasteiger partial charge in [-0.15, -0.1) is 0 Å². The zero-order valence-corrected chi connectivity index (χ0v) is 9.62. The number of amides is 1. The second-order valence-corrected chi connectivity index (χ2v) is 3.43. The highest BCUT2D eigenvalue weighted by Crippen LogP contribution is 2.19. The molecule has 4 nitrogen and oxygen atoms in total. The number of hydrogen-bond acceptors (Lipinski definition) is 3. The van der Waals surface area contributed by atoms with E-state index in [0.717, 1.165) is 17.7 Å². The average molecular weight is 223 g/mol. The number of nitrogens with one attached hydrogen (secondary N) is 1. The molecule has 88 valence electrons. The molecule has 0 aromatic heterocycles. The van der Waals surface area contributed by atoms with E-state index in [9.17, 15) is 4.79 Å². The molecule has 0 radical (unpaired) electrons. The number of carbonyl (C=O) groups excluding carboxylic acids is 1. The van der Waals surface area contributed by atoms with Gasteiger partial charge in [0.15, 0.2) is 0 Å². The lowest BCUT2D eigenvalue weighted by Gasteiger charge is -2.10. The van der Waals surface area contributed by atoms with Crippen LogP contribution < -0.4 is 10.1 Å². The summed E-state index contributed by atoms with van der Waals surface area (Å²) in [6, 6.07) is 5.88. The summed E-state index contributed by atoms with van der Waals surface area (Å²) in [7, 11) is 1.60. The van der Waals surface area contributed by atoms with E-state index in [-0.39, 0.29) is 5.91 Å². The summed E-state index contributed by atoms with van der Waals surface area (Å²) < 4.78 is 5.20. The van der Waals surface area contributed by atoms with Gasteiger partial charge in [0.1, 0.15) is 12.4 Å². The molecule has 1 amide bonds. The molecule has 0 atom stereocenters. The molecular formula is C12H17NO3. The monoisotopic (exact) mass is 223 g/mol. The number of aliphatic hydroxyl groups is 1. The summed E-state index contributed by atoms with van der Waals surface area (Å²) in [5.41, 5.74) is 2.11. The maximum atomic E-state index is 10.9. The van der Waals surface area contributed by atoms with E-state index < -0.39 is 6.61 Å². The largest absolute Gasteiger partial charge is 0.496 e. The van der Waals surface area contributed by atoms with Crippen LogP contribution in [0.1, 0.15) is 18.1 Å². The number of methoxy groups -OCH3 is 1. The third kappa shape index (κ3) is 3.24. The normalized spacial score (nSPS) is 9.94. The van der Waals surface area contributed by atoms with Crippen LogP contribution in [0.2, 0.25) is 0 Å². The quantitative estimate of drug-likeness (QED) is 0.778.